The Labute approximate surface area is 124 Å². The van der Waals surface area contributed by atoms with Gasteiger partial charge in [0.25, 0.3) is 0 Å². The fraction of sp³-hybridized carbons (Fsp3) is 1.00. The van der Waals surface area contributed by atoms with Crippen LogP contribution < -0.4 is 5.32 Å². The van der Waals surface area contributed by atoms with Crippen molar-refractivity contribution >= 4 is 0 Å². The Hall–Kier alpha value is -0.240. The van der Waals surface area contributed by atoms with Crippen molar-refractivity contribution in [2.75, 3.05) is 73.2 Å². The maximum atomic E-state index is 8.76. The average Bonchev–Trinajstić information content (AvgIpc) is 2.41. The van der Waals surface area contributed by atoms with E-state index in [1.165, 1.54) is 6.42 Å². The second kappa shape index (κ2) is 18.8. The molecule has 0 radical (unpaired) electrons. The average molecular weight is 293 g/mol. The third kappa shape index (κ3) is 17.8. The molecular formula is C14H35N3O3. The van der Waals surface area contributed by atoms with Crippen LogP contribution in [0.4, 0.5) is 0 Å². The molecule has 0 aromatic heterocycles. The molecule has 0 amide bonds. The van der Waals surface area contributed by atoms with E-state index in [1.54, 1.807) is 0 Å². The number of rotatable bonds is 12. The molecule has 6 nitrogen and oxygen atoms in total. The molecule has 0 aromatic carbocycles. The predicted octanol–water partition coefficient (Wildman–Crippen LogP) is -0.797. The summed E-state index contributed by atoms with van der Waals surface area (Å²) in [4.78, 5) is 4.16. The molecule has 124 valence electrons. The fourth-order valence-electron chi connectivity index (χ4n) is 1.73. The molecule has 0 bridgehead atoms. The predicted molar refractivity (Wildman–Crippen MR) is 84.0 cm³/mol. The molecule has 6 heteroatoms. The van der Waals surface area contributed by atoms with Crippen molar-refractivity contribution < 1.29 is 15.3 Å². The molecule has 0 saturated heterocycles. The van der Waals surface area contributed by atoms with Crippen molar-refractivity contribution in [3.8, 4) is 0 Å². The van der Waals surface area contributed by atoms with Crippen LogP contribution in [0.1, 0.15) is 19.8 Å². The highest BCUT2D eigenvalue weighted by molar-refractivity contribution is 4.56. The number of nitrogens with one attached hydrogen (secondary N) is 1. The van der Waals surface area contributed by atoms with Crippen LogP contribution in [-0.2, 0) is 0 Å². The first-order valence-corrected chi connectivity index (χ1v) is 7.54. The van der Waals surface area contributed by atoms with Gasteiger partial charge in [0.15, 0.2) is 0 Å². The van der Waals surface area contributed by atoms with E-state index in [1.807, 2.05) is 19.0 Å². The van der Waals surface area contributed by atoms with Gasteiger partial charge in [-0.15, -0.1) is 0 Å². The van der Waals surface area contributed by atoms with Crippen molar-refractivity contribution in [1.82, 2.24) is 15.1 Å². The summed E-state index contributed by atoms with van der Waals surface area (Å²) >= 11 is 0. The van der Waals surface area contributed by atoms with Gasteiger partial charge in [0.2, 0.25) is 0 Å². The summed E-state index contributed by atoms with van der Waals surface area (Å²) in [7, 11) is 3.82. The van der Waals surface area contributed by atoms with E-state index in [-0.39, 0.29) is 19.8 Å². The minimum atomic E-state index is 0.163. The van der Waals surface area contributed by atoms with E-state index in [9.17, 15) is 0 Å². The van der Waals surface area contributed by atoms with Crippen molar-refractivity contribution in [2.24, 2.45) is 0 Å². The van der Waals surface area contributed by atoms with E-state index in [0.29, 0.717) is 13.1 Å². The molecule has 0 spiro atoms. The summed E-state index contributed by atoms with van der Waals surface area (Å²) in [5.74, 6) is 0. The Kier molecular flexibility index (Phi) is 20.7. The minimum absolute atomic E-state index is 0.163. The summed E-state index contributed by atoms with van der Waals surface area (Å²) in [6.07, 6.45) is 2.33. The summed E-state index contributed by atoms with van der Waals surface area (Å²) in [5.41, 5.74) is 0. The lowest BCUT2D eigenvalue weighted by Crippen LogP contribution is -2.30. The first-order chi connectivity index (χ1) is 9.65. The number of hydrogen-bond acceptors (Lipinski definition) is 6. The van der Waals surface area contributed by atoms with Crippen LogP contribution in [0.25, 0.3) is 0 Å². The van der Waals surface area contributed by atoms with E-state index < -0.39 is 0 Å². The lowest BCUT2D eigenvalue weighted by molar-refractivity contribution is 0.184. The van der Waals surface area contributed by atoms with Crippen molar-refractivity contribution in [3.05, 3.63) is 0 Å². The molecule has 0 rings (SSSR count). The SMILES string of the molecule is CCCN(CCO)CCCNC.CN(CCO)CCO. The molecule has 0 saturated carbocycles. The van der Waals surface area contributed by atoms with Gasteiger partial charge in [-0.3, -0.25) is 0 Å². The molecule has 0 unspecified atom stereocenters. The Morgan fingerprint density at radius 3 is 1.80 bits per heavy atom. The van der Waals surface area contributed by atoms with Crippen LogP contribution in [0.2, 0.25) is 0 Å². The monoisotopic (exact) mass is 293 g/mol. The molecule has 0 fully saturated rings. The van der Waals surface area contributed by atoms with Gasteiger partial charge in [0.05, 0.1) is 19.8 Å². The number of aliphatic hydroxyl groups excluding tert-OH is 3. The third-order valence-corrected chi connectivity index (χ3v) is 2.82. The van der Waals surface area contributed by atoms with Gasteiger partial charge < -0.3 is 30.4 Å². The second-order valence-electron chi connectivity index (χ2n) is 4.77. The number of aliphatic hydroxyl groups is 3. The Bertz CT molecular complexity index is 162. The summed E-state index contributed by atoms with van der Waals surface area (Å²) in [6, 6.07) is 0. The van der Waals surface area contributed by atoms with Gasteiger partial charge in [-0.2, -0.15) is 0 Å². The minimum Gasteiger partial charge on any atom is -0.395 e. The molecule has 4 N–H and O–H groups in total. The Morgan fingerprint density at radius 1 is 0.850 bits per heavy atom. The number of likely N-dealkylation sites (N-methyl/N-ethyl adjacent to an activating group) is 1. The van der Waals surface area contributed by atoms with E-state index in [2.05, 4.69) is 17.1 Å². The van der Waals surface area contributed by atoms with Crippen LogP contribution in [0.3, 0.4) is 0 Å². The number of hydrogen-bond donors (Lipinski definition) is 4. The molecule has 0 atom stereocenters. The van der Waals surface area contributed by atoms with Crippen LogP contribution in [0.15, 0.2) is 0 Å². The molecule has 20 heavy (non-hydrogen) atoms. The quantitative estimate of drug-likeness (QED) is 0.353. The molecule has 0 heterocycles. The summed E-state index contributed by atoms with van der Waals surface area (Å²) in [6.45, 7) is 8.12. The zero-order chi connectivity index (χ0) is 15.6. The fourth-order valence-corrected chi connectivity index (χ4v) is 1.73. The molecule has 0 aromatic rings. The topological polar surface area (TPSA) is 79.2 Å². The highest BCUT2D eigenvalue weighted by Gasteiger charge is 2.00. The van der Waals surface area contributed by atoms with Gasteiger partial charge in [-0.1, -0.05) is 6.92 Å². The molecule has 0 aliphatic carbocycles. The highest BCUT2D eigenvalue weighted by Crippen LogP contribution is 1.92. The summed E-state index contributed by atoms with van der Waals surface area (Å²) in [5, 5.41) is 28.6. The largest absolute Gasteiger partial charge is 0.395 e. The normalized spacial score (nSPS) is 10.8. The first-order valence-electron chi connectivity index (χ1n) is 7.54. The van der Waals surface area contributed by atoms with E-state index in [4.69, 9.17) is 15.3 Å². The van der Waals surface area contributed by atoms with Crippen molar-refractivity contribution in [1.29, 1.82) is 0 Å². The van der Waals surface area contributed by atoms with Gasteiger partial charge in [0.1, 0.15) is 0 Å². The van der Waals surface area contributed by atoms with Crippen molar-refractivity contribution in [3.63, 3.8) is 0 Å². The zero-order valence-corrected chi connectivity index (χ0v) is 13.5. The van der Waals surface area contributed by atoms with Gasteiger partial charge in [-0.05, 0) is 46.6 Å². The molecule has 0 aliphatic heterocycles. The first kappa shape index (κ1) is 22.0. The molecule has 0 aliphatic rings. The number of nitrogens with zero attached hydrogens (tertiary/aromatic N) is 2. The van der Waals surface area contributed by atoms with Crippen LogP contribution in [0.5, 0.6) is 0 Å². The van der Waals surface area contributed by atoms with Gasteiger partial charge >= 0.3 is 0 Å². The Morgan fingerprint density at radius 2 is 1.40 bits per heavy atom. The summed E-state index contributed by atoms with van der Waals surface area (Å²) < 4.78 is 0. The highest BCUT2D eigenvalue weighted by atomic mass is 16.3. The molecular weight excluding hydrogens is 258 g/mol. The standard InChI is InChI=1S/C9H22N2O.C5H13NO2/c1-3-6-11(8-9-12)7-4-5-10-2;1-6(2-4-7)3-5-8/h10,12H,3-9H2,1-2H3;7-8H,2-5H2,1H3. The zero-order valence-electron chi connectivity index (χ0n) is 13.5. The van der Waals surface area contributed by atoms with Crippen LogP contribution in [-0.4, -0.2) is 98.3 Å². The smallest absolute Gasteiger partial charge is 0.0558 e. The van der Waals surface area contributed by atoms with Crippen molar-refractivity contribution in [2.45, 2.75) is 19.8 Å². The third-order valence-electron chi connectivity index (χ3n) is 2.82. The van der Waals surface area contributed by atoms with E-state index >= 15 is 0 Å². The van der Waals surface area contributed by atoms with E-state index in [0.717, 1.165) is 32.6 Å². The lowest BCUT2D eigenvalue weighted by atomic mass is 10.3. The van der Waals surface area contributed by atoms with Gasteiger partial charge in [0, 0.05) is 19.6 Å². The van der Waals surface area contributed by atoms with Gasteiger partial charge in [-0.25, -0.2) is 0 Å². The maximum Gasteiger partial charge on any atom is 0.0558 e. The lowest BCUT2D eigenvalue weighted by Gasteiger charge is -2.19. The second-order valence-corrected chi connectivity index (χ2v) is 4.77. The van der Waals surface area contributed by atoms with Crippen LogP contribution >= 0.6 is 0 Å². The maximum absolute atomic E-state index is 8.76. The van der Waals surface area contributed by atoms with Crippen LogP contribution in [0, 0.1) is 0 Å². The Balaban J connectivity index is 0.